The van der Waals surface area contributed by atoms with Gasteiger partial charge in [-0.05, 0) is 24.1 Å². The molecule has 5 nitrogen and oxygen atoms in total. The maximum Gasteiger partial charge on any atom is 0.242 e. The number of hydrogen-bond donors (Lipinski definition) is 3. The lowest BCUT2D eigenvalue weighted by atomic mass is 9.97. The summed E-state index contributed by atoms with van der Waals surface area (Å²) in [5, 5.41) is 10.1. The molecule has 0 heterocycles. The van der Waals surface area contributed by atoms with Gasteiger partial charge in [-0.15, -0.1) is 0 Å². The third kappa shape index (κ3) is 4.34. The molecule has 0 radical (unpaired) electrons. The molecule has 7 heteroatoms. The maximum atomic E-state index is 12.1. The van der Waals surface area contributed by atoms with Gasteiger partial charge < -0.3 is 10.8 Å². The SMILES string of the molecule is CCC(CC)C(O)CNS(=O)(=O)c1cc(N)ccc1Cl. The van der Waals surface area contributed by atoms with Gasteiger partial charge in [-0.3, -0.25) is 0 Å². The summed E-state index contributed by atoms with van der Waals surface area (Å²) in [7, 11) is -3.78. The van der Waals surface area contributed by atoms with Gasteiger partial charge in [0.2, 0.25) is 10.0 Å². The van der Waals surface area contributed by atoms with Crippen LogP contribution in [0.2, 0.25) is 5.02 Å². The molecule has 0 saturated carbocycles. The van der Waals surface area contributed by atoms with Crippen molar-refractivity contribution in [1.29, 1.82) is 0 Å². The topological polar surface area (TPSA) is 92.4 Å². The van der Waals surface area contributed by atoms with Crippen LogP contribution >= 0.6 is 11.6 Å². The van der Waals surface area contributed by atoms with Crippen molar-refractivity contribution in [2.75, 3.05) is 12.3 Å². The zero-order valence-electron chi connectivity index (χ0n) is 11.6. The summed E-state index contributed by atoms with van der Waals surface area (Å²) in [5.74, 6) is 0.0639. The minimum absolute atomic E-state index is 0.0419. The minimum atomic E-state index is -3.78. The van der Waals surface area contributed by atoms with E-state index in [0.717, 1.165) is 12.8 Å². The molecule has 1 unspecified atom stereocenters. The summed E-state index contributed by atoms with van der Waals surface area (Å²) in [4.78, 5) is -0.0732. The molecule has 0 saturated heterocycles. The Balaban J connectivity index is 2.83. The lowest BCUT2D eigenvalue weighted by Crippen LogP contribution is -2.36. The Bertz CT molecular complexity index is 545. The number of rotatable bonds is 7. The smallest absolute Gasteiger partial charge is 0.242 e. The van der Waals surface area contributed by atoms with Crippen LogP contribution in [0.4, 0.5) is 5.69 Å². The van der Waals surface area contributed by atoms with E-state index >= 15 is 0 Å². The normalized spacial score (nSPS) is 13.7. The largest absolute Gasteiger partial charge is 0.399 e. The van der Waals surface area contributed by atoms with E-state index < -0.39 is 16.1 Å². The molecular weight excluding hydrogens is 300 g/mol. The number of sulfonamides is 1. The number of hydrogen-bond acceptors (Lipinski definition) is 4. The van der Waals surface area contributed by atoms with Gasteiger partial charge in [-0.25, -0.2) is 13.1 Å². The van der Waals surface area contributed by atoms with Crippen molar-refractivity contribution in [2.24, 2.45) is 5.92 Å². The van der Waals surface area contributed by atoms with E-state index in [4.69, 9.17) is 17.3 Å². The number of nitrogens with two attached hydrogens (primary N) is 1. The van der Waals surface area contributed by atoms with Gasteiger partial charge >= 0.3 is 0 Å². The first-order chi connectivity index (χ1) is 9.31. The predicted molar refractivity (Wildman–Crippen MR) is 81.1 cm³/mol. The highest BCUT2D eigenvalue weighted by molar-refractivity contribution is 7.89. The Morgan fingerprint density at radius 1 is 1.35 bits per heavy atom. The van der Waals surface area contributed by atoms with E-state index in [1.165, 1.54) is 18.2 Å². The molecule has 0 aliphatic carbocycles. The van der Waals surface area contributed by atoms with Gasteiger partial charge in [0.25, 0.3) is 0 Å². The Kier molecular flexibility index (Phi) is 6.26. The molecule has 114 valence electrons. The van der Waals surface area contributed by atoms with Gasteiger partial charge in [0.1, 0.15) is 4.90 Å². The lowest BCUT2D eigenvalue weighted by molar-refractivity contribution is 0.107. The van der Waals surface area contributed by atoms with Crippen LogP contribution in [0.25, 0.3) is 0 Å². The van der Waals surface area contributed by atoms with E-state index in [9.17, 15) is 13.5 Å². The number of nitrogens with one attached hydrogen (secondary N) is 1. The van der Waals surface area contributed by atoms with Gasteiger partial charge in [0.05, 0.1) is 11.1 Å². The predicted octanol–water partition coefficient (Wildman–Crippen LogP) is 2.00. The van der Waals surface area contributed by atoms with Gasteiger partial charge in [-0.2, -0.15) is 0 Å². The number of benzene rings is 1. The maximum absolute atomic E-state index is 12.1. The molecule has 0 spiro atoms. The Hall–Kier alpha value is -0.820. The zero-order valence-corrected chi connectivity index (χ0v) is 13.2. The lowest BCUT2D eigenvalue weighted by Gasteiger charge is -2.20. The molecule has 4 N–H and O–H groups in total. The van der Waals surface area contributed by atoms with Crippen LogP contribution < -0.4 is 10.5 Å². The molecule has 1 aromatic rings. The van der Waals surface area contributed by atoms with E-state index in [1.807, 2.05) is 13.8 Å². The Labute approximate surface area is 125 Å². The van der Waals surface area contributed by atoms with Crippen LogP contribution in [0.15, 0.2) is 23.1 Å². The number of aliphatic hydroxyl groups excluding tert-OH is 1. The third-order valence-corrected chi connectivity index (χ3v) is 5.23. The van der Waals surface area contributed by atoms with Gasteiger partial charge in [0, 0.05) is 12.2 Å². The van der Waals surface area contributed by atoms with Gasteiger partial charge in [0.15, 0.2) is 0 Å². The number of nitrogen functional groups attached to an aromatic ring is 1. The van der Waals surface area contributed by atoms with Crippen LogP contribution in [-0.2, 0) is 10.0 Å². The van der Waals surface area contributed by atoms with E-state index in [0.29, 0.717) is 5.69 Å². The Morgan fingerprint density at radius 2 is 1.95 bits per heavy atom. The van der Waals surface area contributed by atoms with Crippen molar-refractivity contribution in [1.82, 2.24) is 4.72 Å². The monoisotopic (exact) mass is 320 g/mol. The van der Waals surface area contributed by atoms with Crippen molar-refractivity contribution in [3.63, 3.8) is 0 Å². The second kappa shape index (κ2) is 7.26. The van der Waals surface area contributed by atoms with Gasteiger partial charge in [-0.1, -0.05) is 38.3 Å². The average molecular weight is 321 g/mol. The summed E-state index contributed by atoms with van der Waals surface area (Å²) in [6, 6.07) is 4.26. The first kappa shape index (κ1) is 17.2. The fourth-order valence-corrected chi connectivity index (χ4v) is 3.58. The molecular formula is C13H21ClN2O3S. The van der Waals surface area contributed by atoms with Crippen LogP contribution in [0.3, 0.4) is 0 Å². The van der Waals surface area contributed by atoms with Crippen molar-refractivity contribution < 1.29 is 13.5 Å². The standard InChI is InChI=1S/C13H21ClN2O3S/c1-3-9(4-2)12(17)8-16-20(18,19)13-7-10(15)5-6-11(13)14/h5-7,9,12,16-17H,3-4,8,15H2,1-2H3. The van der Waals surface area contributed by atoms with E-state index in [2.05, 4.69) is 4.72 Å². The molecule has 0 aliphatic heterocycles. The van der Waals surface area contributed by atoms with Crippen molar-refractivity contribution in [3.8, 4) is 0 Å². The zero-order chi connectivity index (χ0) is 15.3. The Morgan fingerprint density at radius 3 is 2.50 bits per heavy atom. The molecule has 0 aliphatic rings. The van der Waals surface area contributed by atoms with Crippen molar-refractivity contribution in [2.45, 2.75) is 37.7 Å². The fourth-order valence-electron chi connectivity index (χ4n) is 2.00. The van der Waals surface area contributed by atoms with Crippen LogP contribution in [0.5, 0.6) is 0 Å². The van der Waals surface area contributed by atoms with Crippen molar-refractivity contribution in [3.05, 3.63) is 23.2 Å². The fraction of sp³-hybridized carbons (Fsp3) is 0.538. The number of aliphatic hydroxyl groups is 1. The average Bonchev–Trinajstić information content (AvgIpc) is 2.40. The second-order valence-corrected chi connectivity index (χ2v) is 6.83. The summed E-state index contributed by atoms with van der Waals surface area (Å²) in [6.07, 6.45) is 0.858. The molecule has 0 bridgehead atoms. The molecule has 0 amide bonds. The first-order valence-corrected chi connectivity index (χ1v) is 8.40. The highest BCUT2D eigenvalue weighted by atomic mass is 35.5. The van der Waals surface area contributed by atoms with Crippen LogP contribution in [0, 0.1) is 5.92 Å². The minimum Gasteiger partial charge on any atom is -0.399 e. The van der Waals surface area contributed by atoms with E-state index in [1.54, 1.807) is 0 Å². The highest BCUT2D eigenvalue weighted by Crippen LogP contribution is 2.23. The molecule has 1 aromatic carbocycles. The number of halogens is 1. The van der Waals surface area contributed by atoms with E-state index in [-0.39, 0.29) is 22.4 Å². The molecule has 1 rings (SSSR count). The summed E-state index contributed by atoms with van der Waals surface area (Å²) in [5.41, 5.74) is 5.89. The first-order valence-electron chi connectivity index (χ1n) is 6.54. The quantitative estimate of drug-likeness (QED) is 0.670. The highest BCUT2D eigenvalue weighted by Gasteiger charge is 2.22. The summed E-state index contributed by atoms with van der Waals surface area (Å²) < 4.78 is 26.7. The molecule has 20 heavy (non-hydrogen) atoms. The second-order valence-electron chi connectivity index (χ2n) is 4.69. The molecule has 0 aromatic heterocycles. The third-order valence-electron chi connectivity index (χ3n) is 3.32. The summed E-state index contributed by atoms with van der Waals surface area (Å²) in [6.45, 7) is 3.88. The number of anilines is 1. The molecule has 1 atom stereocenters. The van der Waals surface area contributed by atoms with Crippen molar-refractivity contribution >= 4 is 27.3 Å². The van der Waals surface area contributed by atoms with Crippen LogP contribution in [-0.4, -0.2) is 26.2 Å². The van der Waals surface area contributed by atoms with Crippen LogP contribution in [0.1, 0.15) is 26.7 Å². The molecule has 0 fully saturated rings. The summed E-state index contributed by atoms with van der Waals surface area (Å²) >= 11 is 5.88.